The van der Waals surface area contributed by atoms with Crippen LogP contribution >= 0.6 is 12.4 Å². The first-order chi connectivity index (χ1) is 13.0. The van der Waals surface area contributed by atoms with Gasteiger partial charge in [-0.25, -0.2) is 9.37 Å². The maximum absolute atomic E-state index is 13.3. The topological polar surface area (TPSA) is 85.2 Å². The minimum absolute atomic E-state index is 0. The summed E-state index contributed by atoms with van der Waals surface area (Å²) in [6.07, 6.45) is 0.893. The van der Waals surface area contributed by atoms with Gasteiger partial charge >= 0.3 is 0 Å². The number of rotatable bonds is 3. The molecular formula is C20H22ClFN4O2. The van der Waals surface area contributed by atoms with E-state index in [9.17, 15) is 9.18 Å². The Morgan fingerprint density at radius 2 is 2.07 bits per heavy atom. The Balaban J connectivity index is 0.00000225. The number of benzene rings is 1. The Morgan fingerprint density at radius 1 is 1.36 bits per heavy atom. The molecule has 148 valence electrons. The Morgan fingerprint density at radius 3 is 2.71 bits per heavy atom. The van der Waals surface area contributed by atoms with Crippen LogP contribution in [0.2, 0.25) is 0 Å². The van der Waals surface area contributed by atoms with Gasteiger partial charge in [0.25, 0.3) is 11.6 Å². The van der Waals surface area contributed by atoms with Gasteiger partial charge in [0.05, 0.1) is 22.3 Å². The minimum Gasteiger partial charge on any atom is -0.336 e. The number of nitrogens with zero attached hydrogens (tertiary/aromatic N) is 3. The predicted molar refractivity (Wildman–Crippen MR) is 107 cm³/mol. The van der Waals surface area contributed by atoms with Crippen LogP contribution in [0.1, 0.15) is 29.4 Å². The summed E-state index contributed by atoms with van der Waals surface area (Å²) < 4.78 is 18.6. The molecule has 2 N–H and O–H groups in total. The van der Waals surface area contributed by atoms with Gasteiger partial charge in [-0.3, -0.25) is 4.79 Å². The number of carbonyl (C=O) groups excluding carboxylic acids is 1. The van der Waals surface area contributed by atoms with E-state index in [4.69, 9.17) is 10.3 Å². The number of aryl methyl sites for hydroxylation is 1. The van der Waals surface area contributed by atoms with Crippen LogP contribution in [0.3, 0.4) is 0 Å². The monoisotopic (exact) mass is 404 g/mol. The van der Waals surface area contributed by atoms with Gasteiger partial charge < -0.3 is 15.2 Å². The lowest BCUT2D eigenvalue weighted by Crippen LogP contribution is -2.34. The molecule has 4 rings (SSSR count). The van der Waals surface area contributed by atoms with Crippen molar-refractivity contribution in [2.75, 3.05) is 13.1 Å². The second-order valence-corrected chi connectivity index (χ2v) is 7.15. The highest BCUT2D eigenvalue weighted by Crippen LogP contribution is 2.31. The summed E-state index contributed by atoms with van der Waals surface area (Å²) in [6, 6.07) is 7.84. The first-order valence-corrected chi connectivity index (χ1v) is 9.02. The van der Waals surface area contributed by atoms with Crippen molar-refractivity contribution < 1.29 is 13.7 Å². The molecule has 3 heterocycles. The quantitative estimate of drug-likeness (QED) is 0.721. The van der Waals surface area contributed by atoms with Crippen molar-refractivity contribution in [1.82, 2.24) is 15.0 Å². The number of pyridine rings is 1. The molecule has 6 nitrogen and oxygen atoms in total. The van der Waals surface area contributed by atoms with Gasteiger partial charge in [-0.15, -0.1) is 12.4 Å². The smallest absolute Gasteiger partial charge is 0.259 e. The molecule has 2 atom stereocenters. The van der Waals surface area contributed by atoms with Gasteiger partial charge in [-0.2, -0.15) is 0 Å². The number of nitrogens with two attached hydrogens (primary N) is 1. The number of fused-ring (bicyclic) bond motifs is 1. The van der Waals surface area contributed by atoms with Gasteiger partial charge in [0, 0.05) is 18.2 Å². The van der Waals surface area contributed by atoms with E-state index in [1.54, 1.807) is 25.1 Å². The summed E-state index contributed by atoms with van der Waals surface area (Å²) in [5.74, 6) is -0.104. The molecule has 28 heavy (non-hydrogen) atoms. The highest BCUT2D eigenvalue weighted by molar-refractivity contribution is 6.07. The van der Waals surface area contributed by atoms with Crippen molar-refractivity contribution in [2.24, 2.45) is 11.7 Å². The zero-order valence-electron chi connectivity index (χ0n) is 15.7. The van der Waals surface area contributed by atoms with Crippen molar-refractivity contribution in [2.45, 2.75) is 26.3 Å². The zero-order valence-corrected chi connectivity index (χ0v) is 16.5. The summed E-state index contributed by atoms with van der Waals surface area (Å²) in [4.78, 5) is 19.7. The van der Waals surface area contributed by atoms with Crippen LogP contribution in [-0.2, 0) is 0 Å². The summed E-state index contributed by atoms with van der Waals surface area (Å²) in [5, 5.41) is 4.60. The van der Waals surface area contributed by atoms with Gasteiger partial charge in [-0.1, -0.05) is 5.16 Å². The van der Waals surface area contributed by atoms with Crippen LogP contribution in [0, 0.1) is 18.7 Å². The average Bonchev–Trinajstić information content (AvgIpc) is 3.24. The van der Waals surface area contributed by atoms with Crippen LogP contribution in [0.15, 0.2) is 34.9 Å². The van der Waals surface area contributed by atoms with E-state index in [1.807, 2.05) is 11.8 Å². The average molecular weight is 405 g/mol. The fourth-order valence-corrected chi connectivity index (χ4v) is 3.78. The largest absolute Gasteiger partial charge is 0.336 e. The molecule has 1 fully saturated rings. The molecule has 1 aliphatic heterocycles. The van der Waals surface area contributed by atoms with Crippen LogP contribution in [0.4, 0.5) is 4.39 Å². The van der Waals surface area contributed by atoms with Crippen molar-refractivity contribution in [3.05, 3.63) is 47.4 Å². The van der Waals surface area contributed by atoms with Crippen LogP contribution in [0.25, 0.3) is 22.4 Å². The molecule has 0 spiro atoms. The van der Waals surface area contributed by atoms with Crippen LogP contribution < -0.4 is 5.73 Å². The number of halogens is 2. The fourth-order valence-electron chi connectivity index (χ4n) is 3.78. The maximum Gasteiger partial charge on any atom is 0.259 e. The highest BCUT2D eigenvalue weighted by Gasteiger charge is 2.33. The van der Waals surface area contributed by atoms with Crippen molar-refractivity contribution in [1.29, 1.82) is 0 Å². The standard InChI is InChI=1S/C20H21FN4O2.ClH/c1-11-7-13(9-22)10-25(11)20(26)16-8-17(14-3-5-15(21)6-4-14)23-19-18(16)12(2)24-27-19;/h3-6,8,11,13H,7,9-10,22H2,1-2H3;1H. The van der Waals surface area contributed by atoms with E-state index in [2.05, 4.69) is 10.1 Å². The summed E-state index contributed by atoms with van der Waals surface area (Å²) in [7, 11) is 0. The van der Waals surface area contributed by atoms with E-state index in [-0.39, 0.29) is 30.2 Å². The fraction of sp³-hybridized carbons (Fsp3) is 0.350. The van der Waals surface area contributed by atoms with Crippen LogP contribution in [0.5, 0.6) is 0 Å². The molecule has 0 aliphatic carbocycles. The Kier molecular flexibility index (Phi) is 5.67. The van der Waals surface area contributed by atoms with Gasteiger partial charge in [0.1, 0.15) is 5.82 Å². The number of carbonyl (C=O) groups is 1. The lowest BCUT2D eigenvalue weighted by atomic mass is 10.0. The van der Waals surface area contributed by atoms with E-state index in [1.165, 1.54) is 12.1 Å². The summed E-state index contributed by atoms with van der Waals surface area (Å²) in [5.41, 5.74) is 8.48. The molecular weight excluding hydrogens is 383 g/mol. The lowest BCUT2D eigenvalue weighted by molar-refractivity contribution is 0.0745. The molecule has 2 aromatic heterocycles. The second kappa shape index (κ2) is 7.85. The van der Waals surface area contributed by atoms with E-state index in [0.717, 1.165) is 6.42 Å². The van der Waals surface area contributed by atoms with Gasteiger partial charge in [0.2, 0.25) is 0 Å². The highest BCUT2D eigenvalue weighted by atomic mass is 35.5. The number of hydrogen-bond donors (Lipinski definition) is 1. The number of likely N-dealkylation sites (tertiary alicyclic amines) is 1. The molecule has 1 aliphatic rings. The third-order valence-electron chi connectivity index (χ3n) is 5.24. The molecule has 0 bridgehead atoms. The summed E-state index contributed by atoms with van der Waals surface area (Å²) in [6.45, 7) is 5.02. The molecule has 3 aromatic rings. The number of aromatic nitrogens is 2. The first-order valence-electron chi connectivity index (χ1n) is 9.02. The first kappa shape index (κ1) is 20.2. The van der Waals surface area contributed by atoms with Crippen LogP contribution in [-0.4, -0.2) is 40.1 Å². The normalized spacial score (nSPS) is 19.1. The Bertz CT molecular complexity index is 1010. The molecule has 2 unspecified atom stereocenters. The minimum atomic E-state index is -0.328. The Labute approximate surface area is 168 Å². The maximum atomic E-state index is 13.3. The third-order valence-corrected chi connectivity index (χ3v) is 5.24. The molecule has 1 amide bonds. The second-order valence-electron chi connectivity index (χ2n) is 7.15. The van der Waals surface area contributed by atoms with Gasteiger partial charge in [0.15, 0.2) is 0 Å². The third kappa shape index (κ3) is 3.47. The zero-order chi connectivity index (χ0) is 19.1. The van der Waals surface area contributed by atoms with Crippen molar-refractivity contribution in [3.8, 4) is 11.3 Å². The molecule has 8 heteroatoms. The van der Waals surface area contributed by atoms with E-state index in [0.29, 0.717) is 52.6 Å². The summed E-state index contributed by atoms with van der Waals surface area (Å²) >= 11 is 0. The van der Waals surface area contributed by atoms with Gasteiger partial charge in [-0.05, 0) is 63.1 Å². The van der Waals surface area contributed by atoms with Crippen molar-refractivity contribution in [3.63, 3.8) is 0 Å². The van der Waals surface area contributed by atoms with E-state index < -0.39 is 0 Å². The molecule has 0 saturated carbocycles. The molecule has 0 radical (unpaired) electrons. The number of hydrogen-bond acceptors (Lipinski definition) is 5. The SMILES string of the molecule is Cc1noc2nc(-c3ccc(F)cc3)cc(C(=O)N3CC(CN)CC3C)c12.Cl. The predicted octanol–water partition coefficient (Wildman–Crippen LogP) is 3.57. The van der Waals surface area contributed by atoms with E-state index >= 15 is 0 Å². The Hall–Kier alpha value is -2.51. The van der Waals surface area contributed by atoms with Crippen molar-refractivity contribution >= 4 is 29.4 Å². The lowest BCUT2D eigenvalue weighted by Gasteiger charge is -2.22. The number of amides is 1. The molecule has 1 aromatic carbocycles. The molecule has 1 saturated heterocycles.